The summed E-state index contributed by atoms with van der Waals surface area (Å²) >= 11 is 0. The Hall–Kier alpha value is -2.45. The molecule has 0 amide bonds. The number of nitrogens with zero attached hydrogens (tertiary/aromatic N) is 3. The number of aryl methyl sites for hydroxylation is 1. The minimum atomic E-state index is -1.73. The summed E-state index contributed by atoms with van der Waals surface area (Å²) in [7, 11) is 0. The smallest absolute Gasteiger partial charge is 0.159 e. The molecule has 3 rings (SSSR count). The van der Waals surface area contributed by atoms with Crippen LogP contribution in [0, 0.1) is 18.3 Å². The first-order valence-electron chi connectivity index (χ1n) is 7.54. The fraction of sp³-hybridized carbons (Fsp3) is 0.333. The molecule has 0 spiro atoms. The quantitative estimate of drug-likeness (QED) is 0.946. The summed E-state index contributed by atoms with van der Waals surface area (Å²) in [4.78, 5) is 5.96. The van der Waals surface area contributed by atoms with Crippen molar-refractivity contribution in [3.63, 3.8) is 0 Å². The zero-order valence-corrected chi connectivity index (χ0v) is 12.9. The van der Waals surface area contributed by atoms with Crippen molar-refractivity contribution in [3.05, 3.63) is 59.4 Å². The number of hydrogen-bond donors (Lipinski definition) is 1. The van der Waals surface area contributed by atoms with Gasteiger partial charge >= 0.3 is 0 Å². The number of benzene rings is 1. The molecule has 2 atom stereocenters. The molecule has 4 nitrogen and oxygen atoms in total. The van der Waals surface area contributed by atoms with Gasteiger partial charge in [0.05, 0.1) is 24.4 Å². The second-order valence-corrected chi connectivity index (χ2v) is 5.99. The molecule has 1 N–H and O–H groups in total. The van der Waals surface area contributed by atoms with E-state index in [0.29, 0.717) is 17.8 Å². The monoisotopic (exact) mass is 311 g/mol. The van der Waals surface area contributed by atoms with Gasteiger partial charge in [-0.1, -0.05) is 30.3 Å². The Morgan fingerprint density at radius 1 is 1.43 bits per heavy atom. The number of halogens is 1. The van der Waals surface area contributed by atoms with E-state index in [0.717, 1.165) is 11.3 Å². The summed E-state index contributed by atoms with van der Waals surface area (Å²) in [5, 5.41) is 18.9. The van der Waals surface area contributed by atoms with Gasteiger partial charge in [-0.3, -0.25) is 4.98 Å². The van der Waals surface area contributed by atoms with Gasteiger partial charge in [-0.15, -0.1) is 0 Å². The van der Waals surface area contributed by atoms with E-state index in [-0.39, 0.29) is 6.54 Å². The van der Waals surface area contributed by atoms with Gasteiger partial charge < -0.3 is 10.0 Å². The number of anilines is 1. The van der Waals surface area contributed by atoms with E-state index in [1.807, 2.05) is 42.2 Å². The van der Waals surface area contributed by atoms with Crippen molar-refractivity contribution in [2.75, 3.05) is 24.6 Å². The minimum Gasteiger partial charge on any atom is -0.393 e. The summed E-state index contributed by atoms with van der Waals surface area (Å²) in [5.41, 5.74) is 0.996. The van der Waals surface area contributed by atoms with Crippen LogP contribution in [0.5, 0.6) is 0 Å². The van der Waals surface area contributed by atoms with Crippen LogP contribution in [0.15, 0.2) is 42.6 Å². The molecule has 118 valence electrons. The molecule has 0 saturated carbocycles. The lowest BCUT2D eigenvalue weighted by Crippen LogP contribution is -2.36. The van der Waals surface area contributed by atoms with E-state index in [1.165, 1.54) is 6.20 Å². The summed E-state index contributed by atoms with van der Waals surface area (Å²) < 4.78 is 15.3. The maximum Gasteiger partial charge on any atom is 0.159 e. The SMILES string of the molecule is Cc1cc(N2C[C@H](c3ccccc3)[C@@](F)(CO)C2)c(C#N)cn1. The fourth-order valence-electron chi connectivity index (χ4n) is 3.20. The molecule has 1 aromatic heterocycles. The lowest BCUT2D eigenvalue weighted by molar-refractivity contribution is 0.0751. The standard InChI is InChI=1S/C18H18FN3O/c1-13-7-17(15(8-20)9-21-13)22-10-16(18(19,11-22)12-23)14-5-3-2-4-6-14/h2-7,9,16,23H,10-12H2,1H3/t16-,18+/m1/s1. The number of hydrogen-bond acceptors (Lipinski definition) is 4. The van der Waals surface area contributed by atoms with Crippen LogP contribution in [0.2, 0.25) is 0 Å². The Balaban J connectivity index is 1.99. The molecule has 1 saturated heterocycles. The van der Waals surface area contributed by atoms with Crippen LogP contribution >= 0.6 is 0 Å². The Kier molecular flexibility index (Phi) is 4.01. The topological polar surface area (TPSA) is 60.1 Å². The molecule has 2 aromatic rings. The van der Waals surface area contributed by atoms with Crippen LogP contribution in [0.3, 0.4) is 0 Å². The first-order chi connectivity index (χ1) is 11.1. The van der Waals surface area contributed by atoms with E-state index in [2.05, 4.69) is 11.1 Å². The van der Waals surface area contributed by atoms with Crippen molar-refractivity contribution >= 4 is 5.69 Å². The van der Waals surface area contributed by atoms with Gasteiger partial charge in [0, 0.05) is 24.4 Å². The molecule has 2 heterocycles. The van der Waals surface area contributed by atoms with E-state index < -0.39 is 18.2 Å². The molecule has 1 aliphatic heterocycles. The van der Waals surface area contributed by atoms with Crippen molar-refractivity contribution in [2.24, 2.45) is 0 Å². The Morgan fingerprint density at radius 2 is 2.17 bits per heavy atom. The number of aliphatic hydroxyl groups excluding tert-OH is 1. The van der Waals surface area contributed by atoms with Crippen molar-refractivity contribution in [3.8, 4) is 6.07 Å². The summed E-state index contributed by atoms with van der Waals surface area (Å²) in [5.74, 6) is -0.436. The highest BCUT2D eigenvalue weighted by Gasteiger charge is 2.48. The Morgan fingerprint density at radius 3 is 2.83 bits per heavy atom. The molecule has 0 aliphatic carbocycles. The largest absolute Gasteiger partial charge is 0.393 e. The molecule has 1 aromatic carbocycles. The van der Waals surface area contributed by atoms with Crippen LogP contribution < -0.4 is 4.90 Å². The van der Waals surface area contributed by atoms with Crippen molar-refractivity contribution in [1.29, 1.82) is 5.26 Å². The van der Waals surface area contributed by atoms with Crippen LogP contribution in [0.1, 0.15) is 22.7 Å². The van der Waals surface area contributed by atoms with Gasteiger partial charge in [0.15, 0.2) is 5.67 Å². The molecule has 0 radical (unpaired) electrons. The molecule has 5 heteroatoms. The highest BCUT2D eigenvalue weighted by molar-refractivity contribution is 5.61. The molecule has 23 heavy (non-hydrogen) atoms. The summed E-state index contributed by atoms with van der Waals surface area (Å²) in [6.07, 6.45) is 1.51. The third kappa shape index (κ3) is 2.78. The number of aliphatic hydroxyl groups is 1. The van der Waals surface area contributed by atoms with Gasteiger partial charge in [-0.05, 0) is 18.6 Å². The Labute approximate surface area is 134 Å². The van der Waals surface area contributed by atoms with Gasteiger partial charge in [0.2, 0.25) is 0 Å². The molecule has 0 unspecified atom stereocenters. The van der Waals surface area contributed by atoms with Crippen molar-refractivity contribution < 1.29 is 9.50 Å². The molecule has 1 fully saturated rings. The van der Waals surface area contributed by atoms with Gasteiger partial charge in [0.25, 0.3) is 0 Å². The maximum atomic E-state index is 15.3. The highest BCUT2D eigenvalue weighted by atomic mass is 19.1. The third-order valence-corrected chi connectivity index (χ3v) is 4.43. The van der Waals surface area contributed by atoms with E-state index in [4.69, 9.17) is 0 Å². The van der Waals surface area contributed by atoms with Crippen LogP contribution in [0.4, 0.5) is 10.1 Å². The summed E-state index contributed by atoms with van der Waals surface area (Å²) in [6.45, 7) is 1.76. The lowest BCUT2D eigenvalue weighted by atomic mass is 9.87. The van der Waals surface area contributed by atoms with Crippen LogP contribution in [0.25, 0.3) is 0 Å². The van der Waals surface area contributed by atoms with Crippen molar-refractivity contribution in [2.45, 2.75) is 18.5 Å². The molecular formula is C18H18FN3O. The highest BCUT2D eigenvalue weighted by Crippen LogP contribution is 2.41. The molecule has 1 aliphatic rings. The average molecular weight is 311 g/mol. The first-order valence-corrected chi connectivity index (χ1v) is 7.54. The lowest BCUT2D eigenvalue weighted by Gasteiger charge is -2.24. The number of rotatable bonds is 3. The van der Waals surface area contributed by atoms with Gasteiger partial charge in [0.1, 0.15) is 6.07 Å². The number of aromatic nitrogens is 1. The van der Waals surface area contributed by atoms with Gasteiger partial charge in [-0.25, -0.2) is 4.39 Å². The van der Waals surface area contributed by atoms with Crippen LogP contribution in [-0.4, -0.2) is 35.5 Å². The number of alkyl halides is 1. The fourth-order valence-corrected chi connectivity index (χ4v) is 3.20. The van der Waals surface area contributed by atoms with E-state index >= 15 is 4.39 Å². The Bertz CT molecular complexity index is 744. The van der Waals surface area contributed by atoms with Crippen LogP contribution in [-0.2, 0) is 0 Å². The zero-order valence-electron chi connectivity index (χ0n) is 12.9. The predicted molar refractivity (Wildman–Crippen MR) is 86.0 cm³/mol. The van der Waals surface area contributed by atoms with E-state index in [1.54, 1.807) is 6.07 Å². The average Bonchev–Trinajstić information content (AvgIpc) is 2.94. The molecular weight excluding hydrogens is 293 g/mol. The van der Waals surface area contributed by atoms with Gasteiger partial charge in [-0.2, -0.15) is 5.26 Å². The summed E-state index contributed by atoms with van der Waals surface area (Å²) in [6, 6.07) is 13.3. The second-order valence-electron chi connectivity index (χ2n) is 5.99. The first kappa shape index (κ1) is 15.4. The normalized spacial score (nSPS) is 23.7. The number of nitriles is 1. The molecule has 0 bridgehead atoms. The predicted octanol–water partition coefficient (Wildman–Crippen LogP) is 2.57. The van der Waals surface area contributed by atoms with Crippen molar-refractivity contribution in [1.82, 2.24) is 4.98 Å². The number of pyridine rings is 1. The second kappa shape index (κ2) is 5.98. The minimum absolute atomic E-state index is 0.0567. The third-order valence-electron chi connectivity index (χ3n) is 4.43. The zero-order chi connectivity index (χ0) is 16.4. The maximum absolute atomic E-state index is 15.3. The van der Waals surface area contributed by atoms with E-state index in [9.17, 15) is 10.4 Å².